The molecule has 0 radical (unpaired) electrons. The van der Waals surface area contributed by atoms with Gasteiger partial charge in [-0.25, -0.2) is 0 Å². The molecule has 0 saturated heterocycles. The first-order valence-electron chi connectivity index (χ1n) is 4.00. The third kappa shape index (κ3) is 0.878. The zero-order valence-electron chi connectivity index (χ0n) is 5.85. The minimum Gasteiger partial charge on any atom is -0.281 e. The lowest BCUT2D eigenvalue weighted by Gasteiger charge is -2.04. The molecule has 0 heterocycles. The van der Waals surface area contributed by atoms with Gasteiger partial charge in [0.15, 0.2) is 0 Å². The van der Waals surface area contributed by atoms with Crippen molar-refractivity contribution in [2.45, 2.75) is 25.7 Å². The summed E-state index contributed by atoms with van der Waals surface area (Å²) < 4.78 is 0. The lowest BCUT2D eigenvalue weighted by atomic mass is 10.0. The standard InChI is InChI=1S/C8H11ClO/c9-8(10)7-5-3-1-2-4-6(5)7/h5-7H,1-4H2/t5-,6+,7?. The van der Waals surface area contributed by atoms with E-state index in [1.165, 1.54) is 25.7 Å². The number of hydrogen-bond acceptors (Lipinski definition) is 1. The monoisotopic (exact) mass is 158 g/mol. The van der Waals surface area contributed by atoms with Gasteiger partial charge < -0.3 is 0 Å². The molecule has 0 aromatic rings. The van der Waals surface area contributed by atoms with E-state index in [0.717, 1.165) is 0 Å². The Hall–Kier alpha value is -0.0400. The fraction of sp³-hybridized carbons (Fsp3) is 0.875. The zero-order chi connectivity index (χ0) is 7.14. The molecule has 56 valence electrons. The Balaban J connectivity index is 1.99. The van der Waals surface area contributed by atoms with Gasteiger partial charge in [-0.15, -0.1) is 0 Å². The Morgan fingerprint density at radius 1 is 1.20 bits per heavy atom. The second kappa shape index (κ2) is 2.23. The van der Waals surface area contributed by atoms with Crippen LogP contribution in [0, 0.1) is 17.8 Å². The summed E-state index contributed by atoms with van der Waals surface area (Å²) >= 11 is 5.41. The predicted molar refractivity (Wildman–Crippen MR) is 39.8 cm³/mol. The number of carbonyl (C=O) groups is 1. The molecule has 2 heteroatoms. The first-order valence-corrected chi connectivity index (χ1v) is 4.38. The van der Waals surface area contributed by atoms with Gasteiger partial charge in [0.25, 0.3) is 0 Å². The molecule has 0 aliphatic heterocycles. The first-order chi connectivity index (χ1) is 4.80. The van der Waals surface area contributed by atoms with E-state index in [-0.39, 0.29) is 11.2 Å². The molecule has 0 aromatic carbocycles. The number of carbonyl (C=O) groups excluding carboxylic acids is 1. The van der Waals surface area contributed by atoms with Gasteiger partial charge in [-0.1, -0.05) is 12.8 Å². The molecule has 2 saturated carbocycles. The third-order valence-electron chi connectivity index (χ3n) is 2.92. The van der Waals surface area contributed by atoms with Crippen LogP contribution in [-0.4, -0.2) is 5.24 Å². The van der Waals surface area contributed by atoms with E-state index in [2.05, 4.69) is 0 Å². The van der Waals surface area contributed by atoms with Gasteiger partial charge in [-0.2, -0.15) is 0 Å². The number of halogens is 1. The molecule has 1 nitrogen and oxygen atoms in total. The van der Waals surface area contributed by atoms with Crippen LogP contribution in [0.5, 0.6) is 0 Å². The molecule has 0 spiro atoms. The second-order valence-corrected chi connectivity index (χ2v) is 3.81. The maximum atomic E-state index is 10.7. The van der Waals surface area contributed by atoms with E-state index in [1.807, 2.05) is 0 Å². The van der Waals surface area contributed by atoms with Gasteiger partial charge in [0.1, 0.15) is 0 Å². The van der Waals surface area contributed by atoms with E-state index in [1.54, 1.807) is 0 Å². The van der Waals surface area contributed by atoms with Crippen molar-refractivity contribution in [2.24, 2.45) is 17.8 Å². The smallest absolute Gasteiger partial charge is 0.225 e. The van der Waals surface area contributed by atoms with Crippen LogP contribution >= 0.6 is 11.6 Å². The minimum atomic E-state index is -0.0862. The summed E-state index contributed by atoms with van der Waals surface area (Å²) in [6.07, 6.45) is 5.10. The molecular weight excluding hydrogens is 148 g/mol. The Labute approximate surface area is 65.7 Å². The van der Waals surface area contributed by atoms with Crippen LogP contribution in [-0.2, 0) is 4.79 Å². The summed E-state index contributed by atoms with van der Waals surface area (Å²) in [6, 6.07) is 0. The molecule has 2 rings (SSSR count). The van der Waals surface area contributed by atoms with Crippen LogP contribution in [0.4, 0.5) is 0 Å². The zero-order valence-corrected chi connectivity index (χ0v) is 6.60. The fourth-order valence-corrected chi connectivity index (χ4v) is 2.65. The average Bonchev–Trinajstić information content (AvgIpc) is 2.60. The minimum absolute atomic E-state index is 0.0862. The van der Waals surface area contributed by atoms with E-state index in [9.17, 15) is 4.79 Å². The number of rotatable bonds is 1. The molecule has 0 N–H and O–H groups in total. The topological polar surface area (TPSA) is 17.1 Å². The Morgan fingerprint density at radius 3 is 2.10 bits per heavy atom. The molecule has 2 fully saturated rings. The highest BCUT2D eigenvalue weighted by molar-refractivity contribution is 6.64. The average molecular weight is 159 g/mol. The van der Waals surface area contributed by atoms with Crippen LogP contribution in [0.2, 0.25) is 0 Å². The SMILES string of the molecule is O=C(Cl)C1[C@H]2CCCC[C@@H]12. The highest BCUT2D eigenvalue weighted by Gasteiger charge is 2.53. The van der Waals surface area contributed by atoms with Gasteiger partial charge in [-0.3, -0.25) is 4.79 Å². The fourth-order valence-electron chi connectivity index (χ4n) is 2.33. The van der Waals surface area contributed by atoms with Crippen molar-refractivity contribution in [2.75, 3.05) is 0 Å². The van der Waals surface area contributed by atoms with Crippen LogP contribution in [0.15, 0.2) is 0 Å². The van der Waals surface area contributed by atoms with E-state index < -0.39 is 0 Å². The number of hydrogen-bond donors (Lipinski definition) is 0. The lowest BCUT2D eigenvalue weighted by Crippen LogP contribution is -1.91. The van der Waals surface area contributed by atoms with Gasteiger partial charge in [0.05, 0.1) is 0 Å². The molecule has 0 amide bonds. The predicted octanol–water partition coefficient (Wildman–Crippen LogP) is 2.19. The summed E-state index contributed by atoms with van der Waals surface area (Å²) in [5, 5.41) is -0.0862. The van der Waals surface area contributed by atoms with Gasteiger partial charge in [0, 0.05) is 5.92 Å². The van der Waals surface area contributed by atoms with Crippen molar-refractivity contribution in [1.29, 1.82) is 0 Å². The molecule has 3 atom stereocenters. The highest BCUT2D eigenvalue weighted by atomic mass is 35.5. The summed E-state index contributed by atoms with van der Waals surface area (Å²) in [6.45, 7) is 0. The van der Waals surface area contributed by atoms with E-state index in [4.69, 9.17) is 11.6 Å². The maximum Gasteiger partial charge on any atom is 0.225 e. The largest absolute Gasteiger partial charge is 0.281 e. The molecule has 0 aromatic heterocycles. The molecule has 1 unspecified atom stereocenters. The van der Waals surface area contributed by atoms with Crippen molar-refractivity contribution >= 4 is 16.8 Å². The van der Waals surface area contributed by atoms with Gasteiger partial charge in [0.2, 0.25) is 5.24 Å². The van der Waals surface area contributed by atoms with E-state index in [0.29, 0.717) is 11.8 Å². The summed E-state index contributed by atoms with van der Waals surface area (Å²) in [4.78, 5) is 10.7. The van der Waals surface area contributed by atoms with Crippen molar-refractivity contribution in [1.82, 2.24) is 0 Å². The molecule has 2 aliphatic rings. The second-order valence-electron chi connectivity index (χ2n) is 3.44. The molecule has 10 heavy (non-hydrogen) atoms. The Morgan fingerprint density at radius 2 is 1.70 bits per heavy atom. The molecule has 0 bridgehead atoms. The summed E-state index contributed by atoms with van der Waals surface area (Å²) in [5.41, 5.74) is 0. The normalized spacial score (nSPS) is 44.3. The van der Waals surface area contributed by atoms with Crippen molar-refractivity contribution < 1.29 is 4.79 Å². The maximum absolute atomic E-state index is 10.7. The van der Waals surface area contributed by atoms with Crippen molar-refractivity contribution in [3.05, 3.63) is 0 Å². The van der Waals surface area contributed by atoms with Crippen LogP contribution in [0.1, 0.15) is 25.7 Å². The van der Waals surface area contributed by atoms with Crippen LogP contribution < -0.4 is 0 Å². The van der Waals surface area contributed by atoms with Gasteiger partial charge >= 0.3 is 0 Å². The lowest BCUT2D eigenvalue weighted by molar-refractivity contribution is -0.113. The van der Waals surface area contributed by atoms with Crippen molar-refractivity contribution in [3.8, 4) is 0 Å². The van der Waals surface area contributed by atoms with Crippen LogP contribution in [0.25, 0.3) is 0 Å². The third-order valence-corrected chi connectivity index (χ3v) is 3.17. The number of fused-ring (bicyclic) bond motifs is 1. The van der Waals surface area contributed by atoms with Crippen LogP contribution in [0.3, 0.4) is 0 Å². The molecular formula is C8H11ClO. The quantitative estimate of drug-likeness (QED) is 0.535. The van der Waals surface area contributed by atoms with E-state index >= 15 is 0 Å². The first kappa shape index (κ1) is 6.66. The summed E-state index contributed by atoms with van der Waals surface area (Å²) in [5.74, 6) is 1.61. The van der Waals surface area contributed by atoms with Gasteiger partial charge in [-0.05, 0) is 36.3 Å². The Bertz CT molecular complexity index is 155. The van der Waals surface area contributed by atoms with Crippen molar-refractivity contribution in [3.63, 3.8) is 0 Å². The summed E-state index contributed by atoms with van der Waals surface area (Å²) in [7, 11) is 0. The molecule has 2 aliphatic carbocycles. The highest BCUT2D eigenvalue weighted by Crippen LogP contribution is 2.56. The Kier molecular flexibility index (Phi) is 1.48.